The molecule has 0 unspecified atom stereocenters. The molecule has 0 aromatic heterocycles. The maximum Gasteiger partial charge on any atom is 0.411 e. The fraction of sp³-hybridized carbons (Fsp3) is 0.316. The van der Waals surface area contributed by atoms with Crippen LogP contribution in [0.2, 0.25) is 0 Å². The summed E-state index contributed by atoms with van der Waals surface area (Å²) in [6, 6.07) is 13.2. The second-order valence-electron chi connectivity index (χ2n) is 5.29. The molecular formula is C19H23NO4. The van der Waals surface area contributed by atoms with E-state index in [1.807, 2.05) is 44.2 Å². The molecule has 0 aliphatic carbocycles. The summed E-state index contributed by atoms with van der Waals surface area (Å²) in [4.78, 5) is 11.4. The third-order valence-corrected chi connectivity index (χ3v) is 3.36. The van der Waals surface area contributed by atoms with Crippen molar-refractivity contribution in [2.24, 2.45) is 0 Å². The van der Waals surface area contributed by atoms with Crippen molar-refractivity contribution in [1.82, 2.24) is 0 Å². The van der Waals surface area contributed by atoms with Crippen LogP contribution < -0.4 is 14.8 Å². The first-order valence-electron chi connectivity index (χ1n) is 7.96. The molecule has 0 radical (unpaired) electrons. The second-order valence-corrected chi connectivity index (χ2v) is 5.29. The van der Waals surface area contributed by atoms with Gasteiger partial charge in [-0.1, -0.05) is 24.3 Å². The van der Waals surface area contributed by atoms with Crippen LogP contribution in [0.1, 0.15) is 18.1 Å². The predicted molar refractivity (Wildman–Crippen MR) is 94.0 cm³/mol. The number of nitrogens with one attached hydrogen (secondary N) is 1. The van der Waals surface area contributed by atoms with E-state index < -0.39 is 6.09 Å². The number of anilines is 1. The number of carbonyl (C=O) groups excluding carboxylic acids is 1. The number of aryl methyl sites for hydroxylation is 2. The maximum atomic E-state index is 11.4. The average molecular weight is 329 g/mol. The molecule has 2 rings (SSSR count). The summed E-state index contributed by atoms with van der Waals surface area (Å²) in [5.41, 5.74) is 2.84. The molecule has 0 saturated carbocycles. The van der Waals surface area contributed by atoms with Crippen molar-refractivity contribution in [3.05, 3.63) is 53.6 Å². The lowest BCUT2D eigenvalue weighted by Crippen LogP contribution is -2.13. The van der Waals surface area contributed by atoms with E-state index in [1.54, 1.807) is 19.1 Å². The van der Waals surface area contributed by atoms with E-state index in [0.717, 1.165) is 16.9 Å². The summed E-state index contributed by atoms with van der Waals surface area (Å²) in [6.45, 7) is 6.99. The van der Waals surface area contributed by atoms with Crippen LogP contribution in [0.5, 0.6) is 11.5 Å². The monoisotopic (exact) mass is 329 g/mol. The van der Waals surface area contributed by atoms with Gasteiger partial charge in [0.2, 0.25) is 0 Å². The molecule has 2 aromatic rings. The molecule has 1 N–H and O–H groups in total. The summed E-state index contributed by atoms with van der Waals surface area (Å²) in [5, 5.41) is 2.64. The van der Waals surface area contributed by atoms with Crippen LogP contribution in [-0.2, 0) is 4.74 Å². The van der Waals surface area contributed by atoms with Gasteiger partial charge in [0.25, 0.3) is 0 Å². The second kappa shape index (κ2) is 8.82. The van der Waals surface area contributed by atoms with Crippen molar-refractivity contribution in [2.75, 3.05) is 25.1 Å². The number of ether oxygens (including phenoxy) is 3. The lowest BCUT2D eigenvalue weighted by molar-refractivity contribution is 0.168. The Morgan fingerprint density at radius 1 is 1.00 bits per heavy atom. The quantitative estimate of drug-likeness (QED) is 0.768. The third kappa shape index (κ3) is 5.19. The molecule has 128 valence electrons. The van der Waals surface area contributed by atoms with Gasteiger partial charge in [-0.2, -0.15) is 0 Å². The first-order valence-corrected chi connectivity index (χ1v) is 7.96. The number of benzene rings is 2. The maximum absolute atomic E-state index is 11.4. The van der Waals surface area contributed by atoms with Gasteiger partial charge in [-0.25, -0.2) is 4.79 Å². The summed E-state index contributed by atoms with van der Waals surface area (Å²) in [7, 11) is 0. The van der Waals surface area contributed by atoms with Crippen LogP contribution >= 0.6 is 0 Å². The van der Waals surface area contributed by atoms with Crippen molar-refractivity contribution in [2.45, 2.75) is 20.8 Å². The van der Waals surface area contributed by atoms with E-state index in [1.165, 1.54) is 0 Å². The first kappa shape index (κ1) is 17.7. The normalized spacial score (nSPS) is 10.1. The van der Waals surface area contributed by atoms with Crippen LogP contribution in [0.25, 0.3) is 0 Å². The van der Waals surface area contributed by atoms with Gasteiger partial charge in [0, 0.05) is 11.8 Å². The molecule has 0 fully saturated rings. The highest BCUT2D eigenvalue weighted by atomic mass is 16.5. The molecule has 0 saturated heterocycles. The molecule has 0 atom stereocenters. The van der Waals surface area contributed by atoms with E-state index in [-0.39, 0.29) is 0 Å². The topological polar surface area (TPSA) is 56.8 Å². The van der Waals surface area contributed by atoms with E-state index in [0.29, 0.717) is 31.3 Å². The molecule has 5 heteroatoms. The zero-order chi connectivity index (χ0) is 17.4. The number of carbonyl (C=O) groups is 1. The Bertz CT molecular complexity index is 665. The fourth-order valence-corrected chi connectivity index (χ4v) is 2.28. The number of hydrogen-bond donors (Lipinski definition) is 1. The van der Waals surface area contributed by atoms with Crippen molar-refractivity contribution >= 4 is 11.8 Å². The summed E-state index contributed by atoms with van der Waals surface area (Å²) in [5.74, 6) is 1.56. The van der Waals surface area contributed by atoms with Crippen LogP contribution in [0.3, 0.4) is 0 Å². The lowest BCUT2D eigenvalue weighted by atomic mass is 10.1. The Kier molecular flexibility index (Phi) is 6.49. The van der Waals surface area contributed by atoms with Crippen LogP contribution in [0, 0.1) is 13.8 Å². The van der Waals surface area contributed by atoms with Gasteiger partial charge >= 0.3 is 6.09 Å². The minimum atomic E-state index is -0.479. The van der Waals surface area contributed by atoms with Gasteiger partial charge in [-0.15, -0.1) is 0 Å². The molecule has 0 heterocycles. The Hall–Kier alpha value is -2.69. The molecule has 0 aliphatic heterocycles. The van der Waals surface area contributed by atoms with Crippen molar-refractivity contribution in [3.8, 4) is 11.5 Å². The van der Waals surface area contributed by atoms with Gasteiger partial charge in [0.1, 0.15) is 24.7 Å². The van der Waals surface area contributed by atoms with Crippen molar-refractivity contribution in [1.29, 1.82) is 0 Å². The van der Waals surface area contributed by atoms with Gasteiger partial charge in [0.15, 0.2) is 0 Å². The summed E-state index contributed by atoms with van der Waals surface area (Å²) < 4.78 is 16.3. The van der Waals surface area contributed by atoms with Gasteiger partial charge < -0.3 is 14.2 Å². The Morgan fingerprint density at radius 3 is 2.38 bits per heavy atom. The largest absolute Gasteiger partial charge is 0.490 e. The first-order chi connectivity index (χ1) is 11.6. The third-order valence-electron chi connectivity index (χ3n) is 3.36. The smallest absolute Gasteiger partial charge is 0.411 e. The van der Waals surface area contributed by atoms with Crippen LogP contribution in [0.4, 0.5) is 10.5 Å². The zero-order valence-electron chi connectivity index (χ0n) is 14.3. The molecule has 1 amide bonds. The molecule has 0 bridgehead atoms. The highest BCUT2D eigenvalue weighted by Gasteiger charge is 2.05. The number of rotatable bonds is 7. The fourth-order valence-electron chi connectivity index (χ4n) is 2.28. The van der Waals surface area contributed by atoms with E-state index >= 15 is 0 Å². The van der Waals surface area contributed by atoms with E-state index in [2.05, 4.69) is 5.32 Å². The van der Waals surface area contributed by atoms with E-state index in [4.69, 9.17) is 14.2 Å². The standard InChI is InChI=1S/C19H23NO4/c1-4-22-19(21)20-16-9-6-10-17(13-16)23-11-12-24-18-14(2)7-5-8-15(18)3/h5-10,13H,4,11-12H2,1-3H3,(H,20,21). The number of para-hydroxylation sites is 1. The van der Waals surface area contributed by atoms with Gasteiger partial charge in [-0.3, -0.25) is 5.32 Å². The molecular weight excluding hydrogens is 306 g/mol. The zero-order valence-corrected chi connectivity index (χ0v) is 14.3. The lowest BCUT2D eigenvalue weighted by Gasteiger charge is -2.13. The minimum absolute atomic E-state index is 0.331. The number of amides is 1. The van der Waals surface area contributed by atoms with E-state index in [9.17, 15) is 4.79 Å². The predicted octanol–water partition coefficient (Wildman–Crippen LogP) is 4.33. The van der Waals surface area contributed by atoms with Crippen molar-refractivity contribution in [3.63, 3.8) is 0 Å². The Balaban J connectivity index is 1.83. The Morgan fingerprint density at radius 2 is 1.67 bits per heavy atom. The highest BCUT2D eigenvalue weighted by Crippen LogP contribution is 2.22. The SMILES string of the molecule is CCOC(=O)Nc1cccc(OCCOc2c(C)cccc2C)c1. The highest BCUT2D eigenvalue weighted by molar-refractivity contribution is 5.84. The Labute approximate surface area is 142 Å². The summed E-state index contributed by atoms with van der Waals surface area (Å²) >= 11 is 0. The molecule has 0 aliphatic rings. The molecule has 2 aromatic carbocycles. The minimum Gasteiger partial charge on any atom is -0.490 e. The number of hydrogen-bond acceptors (Lipinski definition) is 4. The molecule has 0 spiro atoms. The molecule has 24 heavy (non-hydrogen) atoms. The van der Waals surface area contributed by atoms with Crippen LogP contribution in [-0.4, -0.2) is 25.9 Å². The van der Waals surface area contributed by atoms with Gasteiger partial charge in [0.05, 0.1) is 6.61 Å². The average Bonchev–Trinajstić information content (AvgIpc) is 2.54. The molecule has 5 nitrogen and oxygen atoms in total. The van der Waals surface area contributed by atoms with Gasteiger partial charge in [-0.05, 0) is 44.0 Å². The summed E-state index contributed by atoms with van der Waals surface area (Å²) in [6.07, 6.45) is -0.479. The van der Waals surface area contributed by atoms with Crippen LogP contribution in [0.15, 0.2) is 42.5 Å². The van der Waals surface area contributed by atoms with Crippen molar-refractivity contribution < 1.29 is 19.0 Å².